The van der Waals surface area contributed by atoms with Gasteiger partial charge in [0, 0.05) is 32.6 Å². The molecule has 1 heterocycles. The molecule has 0 atom stereocenters. The fourth-order valence-electron chi connectivity index (χ4n) is 1.60. The fourth-order valence-corrected chi connectivity index (χ4v) is 3.27. The standard InChI is InChI=1S/C13H13N3OS2/c1-18-10-3-2-4-11(12(10)13(14)16-17)19-9-5-7-15-8-6-9/h2-8,17H,1H3,(H2,14,16). The normalized spacial score (nSPS) is 11.5. The number of nitrogens with zero attached hydrogens (tertiary/aromatic N) is 2. The Kier molecular flexibility index (Phi) is 4.70. The van der Waals surface area contributed by atoms with E-state index in [-0.39, 0.29) is 5.84 Å². The molecule has 98 valence electrons. The first-order chi connectivity index (χ1) is 9.26. The van der Waals surface area contributed by atoms with Gasteiger partial charge in [-0.1, -0.05) is 23.0 Å². The van der Waals surface area contributed by atoms with Crippen LogP contribution in [0.4, 0.5) is 0 Å². The molecule has 19 heavy (non-hydrogen) atoms. The average Bonchev–Trinajstić information content (AvgIpc) is 2.47. The fraction of sp³-hybridized carbons (Fsp3) is 0.0769. The van der Waals surface area contributed by atoms with Crippen LogP contribution in [0.25, 0.3) is 0 Å². The maximum atomic E-state index is 8.93. The van der Waals surface area contributed by atoms with Crippen molar-refractivity contribution in [1.82, 2.24) is 4.98 Å². The second kappa shape index (κ2) is 6.49. The van der Waals surface area contributed by atoms with Crippen molar-refractivity contribution in [1.29, 1.82) is 0 Å². The Balaban J connectivity index is 2.45. The highest BCUT2D eigenvalue weighted by Gasteiger charge is 2.13. The minimum absolute atomic E-state index is 0.126. The minimum Gasteiger partial charge on any atom is -0.409 e. The smallest absolute Gasteiger partial charge is 0.172 e. The molecule has 0 aliphatic heterocycles. The summed E-state index contributed by atoms with van der Waals surface area (Å²) in [6.07, 6.45) is 5.44. The molecule has 0 aliphatic rings. The summed E-state index contributed by atoms with van der Waals surface area (Å²) in [7, 11) is 0. The number of hydrogen-bond donors (Lipinski definition) is 2. The lowest BCUT2D eigenvalue weighted by molar-refractivity contribution is 0.318. The topological polar surface area (TPSA) is 71.5 Å². The van der Waals surface area contributed by atoms with E-state index in [1.54, 1.807) is 35.9 Å². The Morgan fingerprint density at radius 1 is 1.21 bits per heavy atom. The predicted molar refractivity (Wildman–Crippen MR) is 79.1 cm³/mol. The number of thioether (sulfide) groups is 1. The third kappa shape index (κ3) is 3.21. The van der Waals surface area contributed by atoms with Crippen LogP contribution in [0.2, 0.25) is 0 Å². The van der Waals surface area contributed by atoms with Crippen LogP contribution < -0.4 is 5.73 Å². The molecule has 2 rings (SSSR count). The minimum atomic E-state index is 0.126. The number of benzene rings is 1. The molecule has 0 radical (unpaired) electrons. The lowest BCUT2D eigenvalue weighted by Crippen LogP contribution is -2.15. The molecule has 3 N–H and O–H groups in total. The second-order valence-electron chi connectivity index (χ2n) is 3.60. The van der Waals surface area contributed by atoms with Crippen LogP contribution in [0.3, 0.4) is 0 Å². The summed E-state index contributed by atoms with van der Waals surface area (Å²) < 4.78 is 0. The molecule has 0 saturated carbocycles. The number of aromatic nitrogens is 1. The van der Waals surface area contributed by atoms with Crippen molar-refractivity contribution in [2.75, 3.05) is 6.26 Å². The quantitative estimate of drug-likeness (QED) is 0.298. The number of hydrogen-bond acceptors (Lipinski definition) is 5. The molecule has 1 aromatic heterocycles. The summed E-state index contributed by atoms with van der Waals surface area (Å²) in [6, 6.07) is 9.72. The molecule has 0 unspecified atom stereocenters. The van der Waals surface area contributed by atoms with Gasteiger partial charge in [-0.25, -0.2) is 0 Å². The SMILES string of the molecule is CSc1cccc(Sc2ccncc2)c1/C(N)=N/O. The average molecular weight is 291 g/mol. The highest BCUT2D eigenvalue weighted by Crippen LogP contribution is 2.34. The highest BCUT2D eigenvalue weighted by atomic mass is 32.2. The van der Waals surface area contributed by atoms with Gasteiger partial charge in [-0.2, -0.15) is 0 Å². The number of oxime groups is 1. The van der Waals surface area contributed by atoms with Gasteiger partial charge in [-0.3, -0.25) is 4.98 Å². The summed E-state index contributed by atoms with van der Waals surface area (Å²) in [6.45, 7) is 0. The van der Waals surface area contributed by atoms with Gasteiger partial charge in [0.25, 0.3) is 0 Å². The zero-order chi connectivity index (χ0) is 13.7. The number of nitrogens with two attached hydrogens (primary N) is 1. The molecular weight excluding hydrogens is 278 g/mol. The molecule has 0 spiro atoms. The first kappa shape index (κ1) is 13.8. The van der Waals surface area contributed by atoms with Gasteiger partial charge in [0.05, 0.1) is 0 Å². The monoisotopic (exact) mass is 291 g/mol. The van der Waals surface area contributed by atoms with Gasteiger partial charge >= 0.3 is 0 Å². The molecule has 4 nitrogen and oxygen atoms in total. The third-order valence-corrected chi connectivity index (χ3v) is 4.30. The highest BCUT2D eigenvalue weighted by molar-refractivity contribution is 8.00. The molecule has 0 fully saturated rings. The van der Waals surface area contributed by atoms with E-state index in [9.17, 15) is 0 Å². The first-order valence-corrected chi connectivity index (χ1v) is 7.53. The summed E-state index contributed by atoms with van der Waals surface area (Å²) in [5.74, 6) is 0.126. The molecule has 0 amide bonds. The van der Waals surface area contributed by atoms with Gasteiger partial charge in [-0.15, -0.1) is 11.8 Å². The molecule has 2 aromatic rings. The van der Waals surface area contributed by atoms with Crippen molar-refractivity contribution in [3.63, 3.8) is 0 Å². The number of pyridine rings is 1. The maximum absolute atomic E-state index is 8.93. The van der Waals surface area contributed by atoms with Crippen molar-refractivity contribution in [2.45, 2.75) is 14.7 Å². The third-order valence-electron chi connectivity index (χ3n) is 2.45. The van der Waals surface area contributed by atoms with E-state index in [0.29, 0.717) is 0 Å². The number of rotatable bonds is 4. The zero-order valence-electron chi connectivity index (χ0n) is 10.3. The van der Waals surface area contributed by atoms with Crippen molar-refractivity contribution < 1.29 is 5.21 Å². The van der Waals surface area contributed by atoms with Gasteiger partial charge in [0.15, 0.2) is 5.84 Å². The largest absolute Gasteiger partial charge is 0.409 e. The molecule has 0 bridgehead atoms. The van der Waals surface area contributed by atoms with E-state index < -0.39 is 0 Å². The lowest BCUT2D eigenvalue weighted by Gasteiger charge is -2.11. The van der Waals surface area contributed by atoms with Crippen molar-refractivity contribution in [3.05, 3.63) is 48.3 Å². The summed E-state index contributed by atoms with van der Waals surface area (Å²) in [5, 5.41) is 12.1. The van der Waals surface area contributed by atoms with Crippen molar-refractivity contribution >= 4 is 29.4 Å². The Morgan fingerprint density at radius 2 is 1.89 bits per heavy atom. The van der Waals surface area contributed by atoms with Crippen molar-refractivity contribution in [3.8, 4) is 0 Å². The zero-order valence-corrected chi connectivity index (χ0v) is 11.9. The molecule has 0 saturated heterocycles. The Bertz CT molecular complexity index is 588. The molecule has 0 aliphatic carbocycles. The second-order valence-corrected chi connectivity index (χ2v) is 5.57. The van der Waals surface area contributed by atoms with Crippen LogP contribution >= 0.6 is 23.5 Å². The summed E-state index contributed by atoms with van der Waals surface area (Å²) in [4.78, 5) is 6.98. The van der Waals surface area contributed by atoms with E-state index in [4.69, 9.17) is 10.9 Å². The van der Waals surface area contributed by atoms with Crippen LogP contribution in [-0.4, -0.2) is 22.3 Å². The van der Waals surface area contributed by atoms with Crippen LogP contribution in [-0.2, 0) is 0 Å². The van der Waals surface area contributed by atoms with E-state index in [1.807, 2.05) is 36.6 Å². The Morgan fingerprint density at radius 3 is 2.53 bits per heavy atom. The molecular formula is C13H13N3OS2. The molecule has 1 aromatic carbocycles. The van der Waals surface area contributed by atoms with Gasteiger partial charge < -0.3 is 10.9 Å². The maximum Gasteiger partial charge on any atom is 0.172 e. The summed E-state index contributed by atoms with van der Waals surface area (Å²) in [5.41, 5.74) is 6.55. The van der Waals surface area contributed by atoms with E-state index >= 15 is 0 Å². The van der Waals surface area contributed by atoms with Crippen LogP contribution in [0.1, 0.15) is 5.56 Å². The molecule has 6 heteroatoms. The van der Waals surface area contributed by atoms with Crippen LogP contribution in [0.15, 0.2) is 62.6 Å². The summed E-state index contributed by atoms with van der Waals surface area (Å²) >= 11 is 3.13. The van der Waals surface area contributed by atoms with Crippen LogP contribution in [0.5, 0.6) is 0 Å². The van der Waals surface area contributed by atoms with Gasteiger partial charge in [0.2, 0.25) is 0 Å². The lowest BCUT2D eigenvalue weighted by atomic mass is 10.2. The van der Waals surface area contributed by atoms with E-state index in [0.717, 1.165) is 20.2 Å². The van der Waals surface area contributed by atoms with Crippen LogP contribution in [0, 0.1) is 0 Å². The predicted octanol–water partition coefficient (Wildman–Crippen LogP) is 3.05. The number of amidine groups is 1. The van der Waals surface area contributed by atoms with E-state index in [2.05, 4.69) is 10.1 Å². The Hall–Kier alpha value is -1.66. The van der Waals surface area contributed by atoms with Gasteiger partial charge in [0.1, 0.15) is 0 Å². The van der Waals surface area contributed by atoms with Gasteiger partial charge in [-0.05, 0) is 30.5 Å². The van der Waals surface area contributed by atoms with E-state index in [1.165, 1.54) is 0 Å². The Labute approximate surface area is 120 Å². The first-order valence-electron chi connectivity index (χ1n) is 5.49. The van der Waals surface area contributed by atoms with Crippen molar-refractivity contribution in [2.24, 2.45) is 10.9 Å².